The summed E-state index contributed by atoms with van der Waals surface area (Å²) in [5.74, 6) is 1.17. The number of hydrogen-bond acceptors (Lipinski definition) is 7. The van der Waals surface area contributed by atoms with Crippen LogP contribution in [0.15, 0.2) is 48.7 Å². The van der Waals surface area contributed by atoms with E-state index in [0.29, 0.717) is 17.6 Å². The summed E-state index contributed by atoms with van der Waals surface area (Å²) in [6, 6.07) is 13.7. The Balaban J connectivity index is 1.47. The normalized spacial score (nSPS) is 15.8. The van der Waals surface area contributed by atoms with Crippen molar-refractivity contribution in [3.63, 3.8) is 0 Å². The molecule has 1 fully saturated rings. The lowest BCUT2D eigenvalue weighted by Crippen LogP contribution is -2.41. The van der Waals surface area contributed by atoms with Gasteiger partial charge >= 0.3 is 0 Å². The predicted octanol–water partition coefficient (Wildman–Crippen LogP) is 3.67. The van der Waals surface area contributed by atoms with E-state index in [1.165, 1.54) is 7.05 Å². The summed E-state index contributed by atoms with van der Waals surface area (Å²) in [4.78, 5) is 11.6. The zero-order valence-corrected chi connectivity index (χ0v) is 20.1. The minimum absolute atomic E-state index is 0.0625. The maximum absolute atomic E-state index is 11.7. The Morgan fingerprint density at radius 2 is 1.85 bits per heavy atom. The molecule has 33 heavy (non-hydrogen) atoms. The fraction of sp³-hybridized carbons (Fsp3) is 0.417. The molecule has 0 saturated carbocycles. The van der Waals surface area contributed by atoms with E-state index in [2.05, 4.69) is 33.8 Å². The molecular weight excluding hydrogens is 438 g/mol. The second-order valence-electron chi connectivity index (χ2n) is 8.62. The van der Waals surface area contributed by atoms with Crippen molar-refractivity contribution in [1.29, 1.82) is 0 Å². The minimum Gasteiger partial charge on any atom is -0.488 e. The zero-order chi connectivity index (χ0) is 23.4. The van der Waals surface area contributed by atoms with Crippen molar-refractivity contribution in [2.45, 2.75) is 44.6 Å². The smallest absolute Gasteiger partial charge is 0.227 e. The SMILES string of the molecule is CNS(=O)(=O)Cc1ccc(Nc2ncc3cccc(OC4CCN(C(C)C)CC4)c3n2)cc1. The fourth-order valence-electron chi connectivity index (χ4n) is 3.98. The summed E-state index contributed by atoms with van der Waals surface area (Å²) in [6.07, 6.45) is 3.96. The number of para-hydroxylation sites is 1. The summed E-state index contributed by atoms with van der Waals surface area (Å²) in [6.45, 7) is 6.55. The molecule has 1 saturated heterocycles. The topological polar surface area (TPSA) is 96.5 Å². The van der Waals surface area contributed by atoms with Crippen molar-refractivity contribution in [2.24, 2.45) is 0 Å². The van der Waals surface area contributed by atoms with E-state index >= 15 is 0 Å². The molecule has 2 heterocycles. The number of fused-ring (bicyclic) bond motifs is 1. The minimum atomic E-state index is -3.30. The highest BCUT2D eigenvalue weighted by atomic mass is 32.2. The van der Waals surface area contributed by atoms with E-state index in [1.54, 1.807) is 18.3 Å². The summed E-state index contributed by atoms with van der Waals surface area (Å²) < 4.78 is 32.1. The molecular formula is C24H31N5O3S. The van der Waals surface area contributed by atoms with E-state index in [0.717, 1.165) is 48.3 Å². The summed E-state index contributed by atoms with van der Waals surface area (Å²) >= 11 is 0. The Labute approximate surface area is 195 Å². The van der Waals surface area contributed by atoms with Gasteiger partial charge in [0.15, 0.2) is 0 Å². The van der Waals surface area contributed by atoms with Crippen molar-refractivity contribution < 1.29 is 13.2 Å². The first-order chi connectivity index (χ1) is 15.8. The molecule has 8 nitrogen and oxygen atoms in total. The van der Waals surface area contributed by atoms with Crippen LogP contribution in [0.2, 0.25) is 0 Å². The van der Waals surface area contributed by atoms with Gasteiger partial charge in [-0.25, -0.2) is 23.1 Å². The highest BCUT2D eigenvalue weighted by molar-refractivity contribution is 7.88. The molecule has 3 aromatic rings. The molecule has 1 aliphatic rings. The average Bonchev–Trinajstić information content (AvgIpc) is 2.81. The summed E-state index contributed by atoms with van der Waals surface area (Å²) in [5.41, 5.74) is 2.26. The average molecular weight is 470 g/mol. The summed E-state index contributed by atoms with van der Waals surface area (Å²) in [7, 11) is -1.89. The van der Waals surface area contributed by atoms with Crippen molar-refractivity contribution in [3.8, 4) is 5.75 Å². The van der Waals surface area contributed by atoms with Crippen LogP contribution in [0.25, 0.3) is 10.9 Å². The maximum Gasteiger partial charge on any atom is 0.227 e. The first-order valence-corrected chi connectivity index (χ1v) is 12.9. The molecule has 0 atom stereocenters. The number of anilines is 2. The predicted molar refractivity (Wildman–Crippen MR) is 131 cm³/mol. The summed E-state index contributed by atoms with van der Waals surface area (Å²) in [5, 5.41) is 4.12. The first-order valence-electron chi connectivity index (χ1n) is 11.3. The van der Waals surface area contributed by atoms with Crippen LogP contribution in [0.5, 0.6) is 5.75 Å². The Morgan fingerprint density at radius 3 is 2.52 bits per heavy atom. The van der Waals surface area contributed by atoms with Crippen LogP contribution in [0.1, 0.15) is 32.3 Å². The van der Waals surface area contributed by atoms with Crippen LogP contribution >= 0.6 is 0 Å². The molecule has 0 unspecified atom stereocenters. The van der Waals surface area contributed by atoms with E-state index in [1.807, 2.05) is 30.3 Å². The van der Waals surface area contributed by atoms with Crippen LogP contribution < -0.4 is 14.8 Å². The van der Waals surface area contributed by atoms with Gasteiger partial charge in [0.25, 0.3) is 0 Å². The Morgan fingerprint density at radius 1 is 1.12 bits per heavy atom. The largest absolute Gasteiger partial charge is 0.488 e. The lowest BCUT2D eigenvalue weighted by atomic mass is 10.1. The fourth-order valence-corrected chi connectivity index (χ4v) is 4.75. The van der Waals surface area contributed by atoms with Gasteiger partial charge in [-0.1, -0.05) is 24.3 Å². The van der Waals surface area contributed by atoms with Crippen LogP contribution in [0, 0.1) is 0 Å². The van der Waals surface area contributed by atoms with E-state index in [9.17, 15) is 8.42 Å². The number of sulfonamides is 1. The molecule has 176 valence electrons. The highest BCUT2D eigenvalue weighted by Gasteiger charge is 2.22. The van der Waals surface area contributed by atoms with Gasteiger partial charge in [0.05, 0.1) is 5.75 Å². The molecule has 0 aliphatic carbocycles. The molecule has 1 aromatic heterocycles. The molecule has 2 N–H and O–H groups in total. The number of nitrogens with one attached hydrogen (secondary N) is 2. The van der Waals surface area contributed by atoms with Crippen molar-refractivity contribution >= 4 is 32.6 Å². The number of benzene rings is 2. The third-order valence-corrected chi connectivity index (χ3v) is 7.29. The third-order valence-electron chi connectivity index (χ3n) is 5.95. The molecule has 1 aliphatic heterocycles. The lowest BCUT2D eigenvalue weighted by molar-refractivity contribution is 0.0852. The van der Waals surface area contributed by atoms with Gasteiger partial charge in [-0.3, -0.25) is 0 Å². The number of ether oxygens (including phenoxy) is 1. The van der Waals surface area contributed by atoms with E-state index in [4.69, 9.17) is 9.72 Å². The van der Waals surface area contributed by atoms with Crippen LogP contribution in [0.3, 0.4) is 0 Å². The van der Waals surface area contributed by atoms with Gasteiger partial charge in [-0.05, 0) is 57.5 Å². The second-order valence-corrected chi connectivity index (χ2v) is 10.5. The lowest BCUT2D eigenvalue weighted by Gasteiger charge is -2.34. The van der Waals surface area contributed by atoms with Crippen LogP contribution in [0.4, 0.5) is 11.6 Å². The molecule has 0 bridgehead atoms. The quantitative estimate of drug-likeness (QED) is 0.520. The number of likely N-dealkylation sites (tertiary alicyclic amines) is 1. The van der Waals surface area contributed by atoms with Crippen molar-refractivity contribution in [3.05, 3.63) is 54.2 Å². The molecule has 0 spiro atoms. The number of aromatic nitrogens is 2. The Bertz CT molecular complexity index is 1190. The van der Waals surface area contributed by atoms with Gasteiger partial charge in [0, 0.05) is 36.4 Å². The van der Waals surface area contributed by atoms with Crippen LogP contribution in [-0.2, 0) is 15.8 Å². The van der Waals surface area contributed by atoms with Gasteiger partial charge in [0.2, 0.25) is 16.0 Å². The van der Waals surface area contributed by atoms with E-state index < -0.39 is 10.0 Å². The molecule has 2 aromatic carbocycles. The number of hydrogen-bond donors (Lipinski definition) is 2. The maximum atomic E-state index is 11.7. The Hall–Kier alpha value is -2.75. The number of piperidine rings is 1. The standard InChI is InChI=1S/C24H31N5O3S/c1-17(2)29-13-11-21(12-14-29)32-22-6-4-5-19-15-26-24(28-23(19)22)27-20-9-7-18(8-10-20)16-33(30,31)25-3/h4-10,15,17,21,25H,11-14,16H2,1-3H3,(H,26,27,28). The van der Waals surface area contributed by atoms with Gasteiger partial charge < -0.3 is 15.0 Å². The molecule has 0 amide bonds. The zero-order valence-electron chi connectivity index (χ0n) is 19.3. The van der Waals surface area contributed by atoms with Gasteiger partial charge in [0.1, 0.15) is 17.4 Å². The Kier molecular flexibility index (Phi) is 7.11. The van der Waals surface area contributed by atoms with Gasteiger partial charge in [-0.2, -0.15) is 0 Å². The van der Waals surface area contributed by atoms with Crippen LogP contribution in [-0.4, -0.2) is 55.6 Å². The molecule has 0 radical (unpaired) electrons. The van der Waals surface area contributed by atoms with E-state index in [-0.39, 0.29) is 11.9 Å². The highest BCUT2D eigenvalue weighted by Crippen LogP contribution is 2.28. The number of nitrogens with zero attached hydrogens (tertiary/aromatic N) is 3. The molecule has 9 heteroatoms. The van der Waals surface area contributed by atoms with Crippen molar-refractivity contribution in [1.82, 2.24) is 19.6 Å². The van der Waals surface area contributed by atoms with Gasteiger partial charge in [-0.15, -0.1) is 0 Å². The number of rotatable bonds is 8. The monoisotopic (exact) mass is 469 g/mol. The van der Waals surface area contributed by atoms with Crippen molar-refractivity contribution in [2.75, 3.05) is 25.5 Å². The third kappa shape index (κ3) is 5.98. The first kappa shape index (κ1) is 23.4. The molecule has 4 rings (SSSR count). The second kappa shape index (κ2) is 10.0.